The molecule has 0 spiro atoms. The number of esters is 2. The molecule has 0 bridgehead atoms. The number of Topliss-reactive ketones (excluding diaryl/α,β-unsaturated/α-hetero) is 1. The highest BCUT2D eigenvalue weighted by molar-refractivity contribution is 7.89. The van der Waals surface area contributed by atoms with Gasteiger partial charge < -0.3 is 25.6 Å². The number of nitrogens with zero attached hydrogens (tertiary/aromatic N) is 1. The van der Waals surface area contributed by atoms with E-state index in [1.807, 2.05) is 0 Å². The second-order valence-electron chi connectivity index (χ2n) is 9.72. The quantitative estimate of drug-likeness (QED) is 0.0787. The van der Waals surface area contributed by atoms with Crippen molar-refractivity contribution < 1.29 is 60.1 Å². The van der Waals surface area contributed by atoms with Crippen LogP contribution in [-0.2, 0) is 40.4 Å². The van der Waals surface area contributed by atoms with E-state index in [-0.39, 0.29) is 27.3 Å². The van der Waals surface area contributed by atoms with Gasteiger partial charge in [-0.15, -0.1) is 0 Å². The maximum Gasteiger partial charge on any atom is 0.491 e. The molecule has 18 heteroatoms. The molecule has 2 aromatic rings. The van der Waals surface area contributed by atoms with Crippen molar-refractivity contribution >= 4 is 45.5 Å². The normalized spacial score (nSPS) is 14.3. The third kappa shape index (κ3) is 9.32. The lowest BCUT2D eigenvalue weighted by molar-refractivity contribution is -0.202. The van der Waals surface area contributed by atoms with Gasteiger partial charge in [0.15, 0.2) is 0 Å². The number of nitrogens with one attached hydrogen (secondary N) is 2. The van der Waals surface area contributed by atoms with Crippen LogP contribution in [0.1, 0.15) is 40.7 Å². The highest BCUT2D eigenvalue weighted by atomic mass is 32.2. The van der Waals surface area contributed by atoms with Crippen LogP contribution in [0.4, 0.5) is 13.2 Å². The van der Waals surface area contributed by atoms with Crippen LogP contribution in [0.25, 0.3) is 0 Å². The minimum Gasteiger partial charge on any atom is -0.491 e. The lowest BCUT2D eigenvalue weighted by atomic mass is 10.0. The summed E-state index contributed by atoms with van der Waals surface area (Å²) < 4.78 is 74.0. The summed E-state index contributed by atoms with van der Waals surface area (Å²) in [5.74, 6) is -9.02. The molecule has 1 saturated heterocycles. The van der Waals surface area contributed by atoms with Gasteiger partial charge in [-0.3, -0.25) is 19.8 Å². The number of halogens is 3. The molecule has 2 aromatic carbocycles. The van der Waals surface area contributed by atoms with E-state index >= 15 is 0 Å². The van der Waals surface area contributed by atoms with Gasteiger partial charge >= 0.3 is 24.1 Å². The Morgan fingerprint density at radius 3 is 2.18 bits per heavy atom. The predicted molar refractivity (Wildman–Crippen MR) is 147 cm³/mol. The number of carboxylic acid groups (broad SMARTS) is 1. The number of carbonyl (C=O) groups excluding carboxylic acids is 4. The zero-order valence-electron chi connectivity index (χ0n) is 23.3. The minimum atomic E-state index is -5.49. The average molecular weight is 657 g/mol. The minimum absolute atomic E-state index is 0.00195. The first-order valence-electron chi connectivity index (χ1n) is 13.1. The molecule has 14 nitrogen and oxygen atoms in total. The Morgan fingerprint density at radius 1 is 1.02 bits per heavy atom. The number of benzene rings is 2. The van der Waals surface area contributed by atoms with Crippen LogP contribution in [0.5, 0.6) is 5.75 Å². The average Bonchev–Trinajstić information content (AvgIpc) is 3.52. The molecule has 0 radical (unpaired) electrons. The first-order chi connectivity index (χ1) is 21.0. The molecule has 1 aliphatic heterocycles. The molecule has 3 rings (SSSR count). The zero-order chi connectivity index (χ0) is 33.5. The molecule has 45 heavy (non-hydrogen) atoms. The summed E-state index contributed by atoms with van der Waals surface area (Å²) in [6.45, 7) is -0.000508. The van der Waals surface area contributed by atoms with Gasteiger partial charge in [-0.05, 0) is 43.2 Å². The maximum absolute atomic E-state index is 13.0. The Morgan fingerprint density at radius 2 is 1.62 bits per heavy atom. The van der Waals surface area contributed by atoms with Gasteiger partial charge in [0.05, 0.1) is 17.4 Å². The van der Waals surface area contributed by atoms with Crippen LogP contribution < -0.4 is 15.8 Å². The second kappa shape index (κ2) is 14.3. The SMILES string of the molecule is N=C(N)c1ccc(CC(=O)C(=O)O)c(OC[C@@H](CC(=O)OC(=O)C(F)(F)F)NC(=O)c2ccc(S(=O)(=O)N3CCCC3)cc2)c1. The van der Waals surface area contributed by atoms with Crippen molar-refractivity contribution in [2.24, 2.45) is 5.73 Å². The summed E-state index contributed by atoms with van der Waals surface area (Å²) in [7, 11) is -3.80. The van der Waals surface area contributed by atoms with E-state index in [2.05, 4.69) is 10.1 Å². The van der Waals surface area contributed by atoms with Gasteiger partial charge in [-0.1, -0.05) is 12.1 Å². The monoisotopic (exact) mass is 656 g/mol. The largest absolute Gasteiger partial charge is 0.491 e. The standard InChI is InChI=1S/C27H27F3N4O10S/c28-27(29,30)26(40)44-22(36)13-18(14-43-21-12-17(23(31)32)4-3-16(21)11-20(35)25(38)39)33-24(37)15-5-7-19(8-6-15)45(41,42)34-9-1-2-10-34/h3-8,12,18H,1-2,9-11,13-14H2,(H3,31,32)(H,33,37)(H,38,39)/t18-/m1/s1. The van der Waals surface area contributed by atoms with Crippen molar-refractivity contribution in [1.29, 1.82) is 5.41 Å². The van der Waals surface area contributed by atoms with Crippen LogP contribution in [0.15, 0.2) is 47.4 Å². The molecule has 0 saturated carbocycles. The van der Waals surface area contributed by atoms with Crippen LogP contribution in [0.3, 0.4) is 0 Å². The Kier molecular flexibility index (Phi) is 11.0. The van der Waals surface area contributed by atoms with E-state index in [0.717, 1.165) is 6.07 Å². The maximum atomic E-state index is 13.0. The number of amides is 1. The number of hydrogen-bond donors (Lipinski definition) is 4. The number of nitrogens with two attached hydrogens (primary N) is 1. The summed E-state index contributed by atoms with van der Waals surface area (Å²) in [6, 6.07) is 6.94. The lowest BCUT2D eigenvalue weighted by Gasteiger charge is -2.20. The predicted octanol–water partition coefficient (Wildman–Crippen LogP) is 1.15. The third-order valence-corrected chi connectivity index (χ3v) is 8.33. The number of sulfonamides is 1. The number of ketones is 1. The van der Waals surface area contributed by atoms with Crippen molar-refractivity contribution in [3.05, 3.63) is 59.2 Å². The van der Waals surface area contributed by atoms with Crippen LogP contribution in [0.2, 0.25) is 0 Å². The van der Waals surface area contributed by atoms with Crippen molar-refractivity contribution in [2.45, 2.75) is 42.8 Å². The van der Waals surface area contributed by atoms with Crippen LogP contribution in [0, 0.1) is 5.41 Å². The fraction of sp³-hybridized carbons (Fsp3) is 0.333. The van der Waals surface area contributed by atoms with Crippen LogP contribution >= 0.6 is 0 Å². The zero-order valence-corrected chi connectivity index (χ0v) is 24.1. The summed E-state index contributed by atoms with van der Waals surface area (Å²) in [5, 5.41) is 18.9. The summed E-state index contributed by atoms with van der Waals surface area (Å²) in [5.41, 5.74) is 5.45. The number of amidine groups is 1. The summed E-state index contributed by atoms with van der Waals surface area (Å²) >= 11 is 0. The van der Waals surface area contributed by atoms with Crippen molar-refractivity contribution in [1.82, 2.24) is 9.62 Å². The van der Waals surface area contributed by atoms with E-state index in [0.29, 0.717) is 25.9 Å². The first-order valence-corrected chi connectivity index (χ1v) is 14.5. The van der Waals surface area contributed by atoms with Gasteiger partial charge in [0.25, 0.3) is 5.91 Å². The Labute approximate surface area is 253 Å². The van der Waals surface area contributed by atoms with Crippen molar-refractivity contribution in [2.75, 3.05) is 19.7 Å². The van der Waals surface area contributed by atoms with Crippen molar-refractivity contribution in [3.8, 4) is 5.75 Å². The molecule has 1 amide bonds. The molecular formula is C27H27F3N4O10S. The van der Waals surface area contributed by atoms with E-state index < -0.39 is 77.1 Å². The molecule has 242 valence electrons. The molecule has 1 atom stereocenters. The number of rotatable bonds is 13. The van der Waals surface area contributed by atoms with Gasteiger partial charge in [-0.2, -0.15) is 17.5 Å². The van der Waals surface area contributed by atoms with E-state index in [9.17, 15) is 45.6 Å². The Bertz CT molecular complexity index is 1610. The summed E-state index contributed by atoms with van der Waals surface area (Å²) in [4.78, 5) is 59.1. The molecule has 1 fully saturated rings. The molecule has 1 aliphatic rings. The first kappa shape index (κ1) is 34.6. The lowest BCUT2D eigenvalue weighted by Crippen LogP contribution is -2.42. The molecule has 5 N–H and O–H groups in total. The Balaban J connectivity index is 1.84. The molecular weight excluding hydrogens is 629 g/mol. The fourth-order valence-corrected chi connectivity index (χ4v) is 5.64. The van der Waals surface area contributed by atoms with Gasteiger partial charge in [0.1, 0.15) is 18.2 Å². The van der Waals surface area contributed by atoms with E-state index in [1.165, 1.54) is 40.7 Å². The van der Waals surface area contributed by atoms with Crippen molar-refractivity contribution in [3.63, 3.8) is 0 Å². The Hall–Kier alpha value is -4.84. The second-order valence-corrected chi connectivity index (χ2v) is 11.7. The number of hydrogen-bond acceptors (Lipinski definition) is 10. The molecule has 0 aliphatic carbocycles. The highest BCUT2D eigenvalue weighted by Crippen LogP contribution is 2.24. The van der Waals surface area contributed by atoms with Gasteiger partial charge in [0, 0.05) is 36.2 Å². The number of aliphatic carboxylic acids is 1. The number of alkyl halides is 3. The van der Waals surface area contributed by atoms with Gasteiger partial charge in [0.2, 0.25) is 15.8 Å². The third-order valence-electron chi connectivity index (χ3n) is 6.41. The smallest absolute Gasteiger partial charge is 0.491 e. The number of carboxylic acids is 1. The molecule has 1 heterocycles. The van der Waals surface area contributed by atoms with E-state index in [4.69, 9.17) is 21.0 Å². The van der Waals surface area contributed by atoms with E-state index in [1.54, 1.807) is 0 Å². The highest BCUT2D eigenvalue weighted by Gasteiger charge is 2.42. The number of ether oxygens (including phenoxy) is 2. The summed E-state index contributed by atoms with van der Waals surface area (Å²) in [6.07, 6.45) is -5.77. The number of carbonyl (C=O) groups is 5. The van der Waals surface area contributed by atoms with Gasteiger partial charge in [-0.25, -0.2) is 18.0 Å². The molecule has 0 unspecified atom stereocenters. The molecule has 0 aromatic heterocycles. The van der Waals surface area contributed by atoms with Crippen LogP contribution in [-0.4, -0.2) is 85.2 Å². The fourth-order valence-electron chi connectivity index (χ4n) is 4.12. The number of nitrogen functional groups attached to an aromatic ring is 1. The topological polar surface area (TPSA) is 223 Å².